The van der Waals surface area contributed by atoms with E-state index in [2.05, 4.69) is 21.4 Å². The second kappa shape index (κ2) is 7.08. The predicted molar refractivity (Wildman–Crippen MR) is 116 cm³/mol. The first-order valence-corrected chi connectivity index (χ1v) is 10.1. The van der Waals surface area contributed by atoms with Gasteiger partial charge < -0.3 is 5.32 Å². The van der Waals surface area contributed by atoms with Gasteiger partial charge in [-0.1, -0.05) is 17.7 Å². The van der Waals surface area contributed by atoms with Gasteiger partial charge in [0.1, 0.15) is 18.0 Å². The van der Waals surface area contributed by atoms with E-state index in [1.807, 2.05) is 6.92 Å². The number of nitrogens with zero attached hydrogens (tertiary/aromatic N) is 5. The fourth-order valence-electron chi connectivity index (χ4n) is 3.72. The first kappa shape index (κ1) is 18.5. The Hall–Kier alpha value is -3.50. The Morgan fingerprint density at radius 3 is 2.83 bits per heavy atom. The van der Waals surface area contributed by atoms with Crippen molar-refractivity contribution >= 4 is 39.2 Å². The Balaban J connectivity index is 1.63. The van der Waals surface area contributed by atoms with E-state index < -0.39 is 0 Å². The average Bonchev–Trinajstić information content (AvgIpc) is 3.58. The summed E-state index contributed by atoms with van der Waals surface area (Å²) in [6, 6.07) is 12.6. The number of nitrogens with one attached hydrogen (secondary N) is 1. The van der Waals surface area contributed by atoms with Crippen molar-refractivity contribution in [3.63, 3.8) is 0 Å². The highest BCUT2D eigenvalue weighted by Crippen LogP contribution is 2.37. The monoisotopic (exact) mass is 416 g/mol. The smallest absolute Gasteiger partial charge is 0.263 e. The van der Waals surface area contributed by atoms with E-state index in [1.54, 1.807) is 41.0 Å². The number of rotatable bonds is 4. The molecule has 7 nitrogen and oxygen atoms in total. The number of nitriles is 1. The number of fused-ring (bicyclic) bond motifs is 2. The zero-order valence-corrected chi connectivity index (χ0v) is 16.9. The lowest BCUT2D eigenvalue weighted by molar-refractivity contribution is 0.610. The lowest BCUT2D eigenvalue weighted by Gasteiger charge is -2.20. The summed E-state index contributed by atoms with van der Waals surface area (Å²) in [5.74, 6) is 1.23. The second-order valence-corrected chi connectivity index (χ2v) is 7.85. The zero-order chi connectivity index (χ0) is 20.8. The summed E-state index contributed by atoms with van der Waals surface area (Å²) in [4.78, 5) is 26.7. The van der Waals surface area contributed by atoms with Gasteiger partial charge in [0.25, 0.3) is 5.56 Å². The molecule has 8 heteroatoms. The van der Waals surface area contributed by atoms with E-state index in [0.29, 0.717) is 33.1 Å². The summed E-state index contributed by atoms with van der Waals surface area (Å²) in [5, 5.41) is 14.2. The molecule has 2 aromatic carbocycles. The van der Waals surface area contributed by atoms with Crippen molar-refractivity contribution < 1.29 is 0 Å². The van der Waals surface area contributed by atoms with Gasteiger partial charge >= 0.3 is 0 Å². The van der Waals surface area contributed by atoms with E-state index in [4.69, 9.17) is 16.6 Å². The highest BCUT2D eigenvalue weighted by molar-refractivity contribution is 6.35. The van der Waals surface area contributed by atoms with Crippen molar-refractivity contribution in [2.45, 2.75) is 31.8 Å². The number of hydrogen-bond acceptors (Lipinski definition) is 6. The molecule has 0 amide bonds. The first-order valence-electron chi connectivity index (χ1n) is 9.69. The molecule has 0 spiro atoms. The van der Waals surface area contributed by atoms with Crippen LogP contribution in [0.25, 0.3) is 21.8 Å². The van der Waals surface area contributed by atoms with Gasteiger partial charge in [-0.15, -0.1) is 0 Å². The van der Waals surface area contributed by atoms with Crippen molar-refractivity contribution in [3.05, 3.63) is 69.5 Å². The van der Waals surface area contributed by atoms with Crippen molar-refractivity contribution in [2.24, 2.45) is 0 Å². The fourth-order valence-corrected chi connectivity index (χ4v) is 3.97. The Kier molecular flexibility index (Phi) is 4.37. The molecular formula is C22H17ClN6O. The van der Waals surface area contributed by atoms with Gasteiger partial charge in [-0.2, -0.15) is 5.26 Å². The molecule has 0 radical (unpaired) electrons. The number of anilines is 1. The minimum Gasteiger partial charge on any atom is -0.360 e. The van der Waals surface area contributed by atoms with Gasteiger partial charge in [-0.25, -0.2) is 15.0 Å². The maximum absolute atomic E-state index is 13.3. The third-order valence-corrected chi connectivity index (χ3v) is 5.64. The van der Waals surface area contributed by atoms with Crippen molar-refractivity contribution in [1.29, 1.82) is 5.26 Å². The Morgan fingerprint density at radius 2 is 2.07 bits per heavy atom. The molecule has 0 aliphatic heterocycles. The molecule has 2 aromatic heterocycles. The van der Waals surface area contributed by atoms with E-state index in [0.717, 1.165) is 23.7 Å². The van der Waals surface area contributed by atoms with Crippen LogP contribution in [0.2, 0.25) is 5.02 Å². The Bertz CT molecular complexity index is 1400. The van der Waals surface area contributed by atoms with Crippen molar-refractivity contribution in [1.82, 2.24) is 19.5 Å². The van der Waals surface area contributed by atoms with Gasteiger partial charge in [-0.05, 0) is 50.1 Å². The summed E-state index contributed by atoms with van der Waals surface area (Å²) in [7, 11) is 0. The van der Waals surface area contributed by atoms with Crippen LogP contribution in [-0.4, -0.2) is 19.5 Å². The van der Waals surface area contributed by atoms with Crippen molar-refractivity contribution in [2.75, 3.05) is 5.32 Å². The normalized spacial score (nSPS) is 14.6. The van der Waals surface area contributed by atoms with E-state index in [9.17, 15) is 10.1 Å². The largest absolute Gasteiger partial charge is 0.360 e. The molecular weight excluding hydrogens is 400 g/mol. The molecule has 1 aliphatic carbocycles. The summed E-state index contributed by atoms with van der Waals surface area (Å²) >= 11 is 6.30. The average molecular weight is 417 g/mol. The molecule has 5 rings (SSSR count). The lowest BCUT2D eigenvalue weighted by atomic mass is 10.1. The molecule has 1 unspecified atom stereocenters. The second-order valence-electron chi connectivity index (χ2n) is 7.44. The van der Waals surface area contributed by atoms with Crippen LogP contribution in [0.4, 0.5) is 5.82 Å². The summed E-state index contributed by atoms with van der Waals surface area (Å²) in [6.07, 6.45) is 3.36. The third-order valence-electron chi connectivity index (χ3n) is 5.32. The van der Waals surface area contributed by atoms with Gasteiger partial charge in [0.05, 0.1) is 39.1 Å². The molecule has 1 saturated carbocycles. The van der Waals surface area contributed by atoms with Crippen LogP contribution in [-0.2, 0) is 0 Å². The SMILES string of the molecule is CC(Nc1ncnc2ccc(C#N)cc12)c1nc2cccc(Cl)c2c(=O)n1C1CC1. The Labute approximate surface area is 177 Å². The third kappa shape index (κ3) is 3.06. The van der Waals surface area contributed by atoms with E-state index in [1.165, 1.54) is 6.33 Å². The minimum absolute atomic E-state index is 0.115. The molecule has 1 atom stereocenters. The molecule has 30 heavy (non-hydrogen) atoms. The molecule has 4 aromatic rings. The molecule has 2 heterocycles. The maximum Gasteiger partial charge on any atom is 0.263 e. The van der Waals surface area contributed by atoms with Gasteiger partial charge in [-0.3, -0.25) is 9.36 Å². The van der Waals surface area contributed by atoms with E-state index >= 15 is 0 Å². The minimum atomic E-state index is -0.300. The van der Waals surface area contributed by atoms with Crippen LogP contribution in [0.5, 0.6) is 0 Å². The van der Waals surface area contributed by atoms with Crippen molar-refractivity contribution in [3.8, 4) is 6.07 Å². The fraction of sp³-hybridized carbons (Fsp3) is 0.227. The predicted octanol–water partition coefficient (Wildman–Crippen LogP) is 4.37. The van der Waals surface area contributed by atoms with Crippen LogP contribution in [0.1, 0.15) is 43.2 Å². The molecule has 0 saturated heterocycles. The lowest BCUT2D eigenvalue weighted by Crippen LogP contribution is -2.28. The highest BCUT2D eigenvalue weighted by atomic mass is 35.5. The van der Waals surface area contributed by atoms with Crippen LogP contribution in [0.15, 0.2) is 47.5 Å². The topological polar surface area (TPSA) is 96.5 Å². The van der Waals surface area contributed by atoms with Gasteiger partial charge in [0.15, 0.2) is 0 Å². The Morgan fingerprint density at radius 1 is 1.23 bits per heavy atom. The first-order chi connectivity index (χ1) is 14.6. The van der Waals surface area contributed by atoms with Crippen LogP contribution in [0, 0.1) is 11.3 Å². The van der Waals surface area contributed by atoms with Gasteiger partial charge in [0.2, 0.25) is 0 Å². The van der Waals surface area contributed by atoms with E-state index in [-0.39, 0.29) is 17.6 Å². The highest BCUT2D eigenvalue weighted by Gasteiger charge is 2.30. The summed E-state index contributed by atoms with van der Waals surface area (Å²) in [5.41, 5.74) is 1.72. The number of hydrogen-bond donors (Lipinski definition) is 1. The molecule has 1 aliphatic rings. The number of aromatic nitrogens is 4. The number of benzene rings is 2. The maximum atomic E-state index is 13.3. The summed E-state index contributed by atoms with van der Waals surface area (Å²) < 4.78 is 1.76. The number of halogens is 1. The van der Waals surface area contributed by atoms with Crippen LogP contribution in [0.3, 0.4) is 0 Å². The van der Waals surface area contributed by atoms with Gasteiger partial charge in [0, 0.05) is 11.4 Å². The molecule has 148 valence electrons. The molecule has 0 bridgehead atoms. The van der Waals surface area contributed by atoms with Crippen LogP contribution < -0.4 is 10.9 Å². The van der Waals surface area contributed by atoms with Crippen LogP contribution >= 0.6 is 11.6 Å². The zero-order valence-electron chi connectivity index (χ0n) is 16.1. The molecule has 1 fully saturated rings. The molecule has 1 N–H and O–H groups in total. The summed E-state index contributed by atoms with van der Waals surface area (Å²) in [6.45, 7) is 1.94. The quantitative estimate of drug-likeness (QED) is 0.530. The standard InChI is InChI=1S/C22H17ClN6O/c1-12(27-20-15-9-13(10-24)5-8-17(15)25-11-26-20)21-28-18-4-2-3-16(23)19(18)22(30)29(21)14-6-7-14/h2-5,8-9,11-12,14H,6-7H2,1H3,(H,25,26,27).